The molecular formula is C15H9Cl2N3. The monoisotopic (exact) mass is 301 g/mol. The zero-order valence-electron chi connectivity index (χ0n) is 10.3. The van der Waals surface area contributed by atoms with Crippen molar-refractivity contribution < 1.29 is 0 Å². The minimum absolute atomic E-state index is 0.492. The number of aromatic nitrogens is 3. The maximum Gasteiger partial charge on any atom is 0.183 e. The van der Waals surface area contributed by atoms with E-state index >= 15 is 0 Å². The van der Waals surface area contributed by atoms with E-state index < -0.39 is 0 Å². The Morgan fingerprint density at radius 3 is 1.85 bits per heavy atom. The van der Waals surface area contributed by atoms with Crippen LogP contribution in [-0.2, 0) is 0 Å². The van der Waals surface area contributed by atoms with Gasteiger partial charge < -0.3 is 0 Å². The van der Waals surface area contributed by atoms with Gasteiger partial charge in [0.25, 0.3) is 0 Å². The van der Waals surface area contributed by atoms with Crippen molar-refractivity contribution in [2.75, 3.05) is 0 Å². The van der Waals surface area contributed by atoms with Crippen LogP contribution in [0.5, 0.6) is 0 Å². The van der Waals surface area contributed by atoms with Crippen molar-refractivity contribution in [3.05, 3.63) is 64.8 Å². The molecule has 1 aromatic heterocycles. The van der Waals surface area contributed by atoms with Gasteiger partial charge >= 0.3 is 0 Å². The van der Waals surface area contributed by atoms with E-state index in [1.54, 1.807) is 18.3 Å². The zero-order chi connectivity index (χ0) is 13.9. The van der Waals surface area contributed by atoms with Crippen LogP contribution in [0.25, 0.3) is 22.6 Å². The first-order valence-electron chi connectivity index (χ1n) is 5.95. The Hall–Kier alpha value is -1.97. The fourth-order valence-electron chi connectivity index (χ4n) is 1.83. The Kier molecular flexibility index (Phi) is 3.63. The van der Waals surface area contributed by atoms with Crippen LogP contribution >= 0.6 is 23.2 Å². The highest BCUT2D eigenvalue weighted by molar-refractivity contribution is 6.33. The van der Waals surface area contributed by atoms with Gasteiger partial charge in [-0.2, -0.15) is 0 Å². The minimum Gasteiger partial charge on any atom is -0.233 e. The largest absolute Gasteiger partial charge is 0.233 e. The second-order valence-electron chi connectivity index (χ2n) is 4.13. The maximum atomic E-state index is 6.12. The molecule has 0 fully saturated rings. The molecular weight excluding hydrogens is 293 g/mol. The van der Waals surface area contributed by atoms with E-state index in [0.29, 0.717) is 21.6 Å². The summed E-state index contributed by atoms with van der Waals surface area (Å²) in [7, 11) is 0. The Morgan fingerprint density at radius 1 is 0.700 bits per heavy atom. The summed E-state index contributed by atoms with van der Waals surface area (Å²) in [6.45, 7) is 0. The van der Waals surface area contributed by atoms with E-state index in [1.807, 2.05) is 36.4 Å². The summed E-state index contributed by atoms with van der Waals surface area (Å²) in [5, 5.41) is 9.51. The smallest absolute Gasteiger partial charge is 0.183 e. The Morgan fingerprint density at radius 2 is 1.30 bits per heavy atom. The molecule has 0 atom stereocenters. The van der Waals surface area contributed by atoms with Gasteiger partial charge in [0.05, 0.1) is 16.2 Å². The summed E-state index contributed by atoms with van der Waals surface area (Å²) in [6, 6.07) is 14.8. The van der Waals surface area contributed by atoms with Crippen molar-refractivity contribution in [2.45, 2.75) is 0 Å². The Labute approximate surface area is 126 Å². The normalized spacial score (nSPS) is 10.5. The molecule has 5 heteroatoms. The quantitative estimate of drug-likeness (QED) is 0.699. The van der Waals surface area contributed by atoms with E-state index in [9.17, 15) is 0 Å². The van der Waals surface area contributed by atoms with Gasteiger partial charge in [0.2, 0.25) is 0 Å². The summed E-state index contributed by atoms with van der Waals surface area (Å²) < 4.78 is 0. The van der Waals surface area contributed by atoms with Crippen molar-refractivity contribution in [1.82, 2.24) is 15.2 Å². The summed E-state index contributed by atoms with van der Waals surface area (Å²) >= 11 is 12.2. The third kappa shape index (κ3) is 2.50. The molecule has 0 unspecified atom stereocenters. The third-order valence-electron chi connectivity index (χ3n) is 2.83. The van der Waals surface area contributed by atoms with Crippen LogP contribution in [-0.4, -0.2) is 15.2 Å². The van der Waals surface area contributed by atoms with Crippen LogP contribution in [0.4, 0.5) is 0 Å². The highest BCUT2D eigenvalue weighted by Crippen LogP contribution is 2.27. The molecule has 1 heterocycles. The van der Waals surface area contributed by atoms with Crippen molar-refractivity contribution in [3.8, 4) is 22.6 Å². The van der Waals surface area contributed by atoms with Gasteiger partial charge in [-0.3, -0.25) is 0 Å². The van der Waals surface area contributed by atoms with Gasteiger partial charge in [0.1, 0.15) is 5.69 Å². The maximum absolute atomic E-state index is 6.12. The highest BCUT2D eigenvalue weighted by Gasteiger charge is 2.09. The average Bonchev–Trinajstić information content (AvgIpc) is 2.49. The van der Waals surface area contributed by atoms with E-state index in [4.69, 9.17) is 23.2 Å². The molecule has 0 bridgehead atoms. The van der Waals surface area contributed by atoms with Crippen molar-refractivity contribution in [1.29, 1.82) is 0 Å². The molecule has 2 aromatic carbocycles. The van der Waals surface area contributed by atoms with Crippen LogP contribution in [0.2, 0.25) is 10.0 Å². The summed E-state index contributed by atoms with van der Waals surface area (Å²) in [4.78, 5) is 4.31. The van der Waals surface area contributed by atoms with Crippen LogP contribution in [0.1, 0.15) is 0 Å². The first-order valence-corrected chi connectivity index (χ1v) is 6.71. The van der Waals surface area contributed by atoms with Crippen LogP contribution in [0.15, 0.2) is 54.7 Å². The number of hydrogen-bond donors (Lipinski definition) is 0. The molecule has 0 aliphatic carbocycles. The summed E-state index contributed by atoms with van der Waals surface area (Å²) in [6.07, 6.45) is 1.65. The summed E-state index contributed by atoms with van der Waals surface area (Å²) in [5.41, 5.74) is 2.19. The van der Waals surface area contributed by atoms with Crippen molar-refractivity contribution >= 4 is 23.2 Å². The van der Waals surface area contributed by atoms with E-state index in [0.717, 1.165) is 11.1 Å². The standard InChI is InChI=1S/C15H9Cl2N3/c16-12-7-3-1-5-10(12)14-9-18-15(20-19-14)11-6-2-4-8-13(11)17/h1-9H. The van der Waals surface area contributed by atoms with Gasteiger partial charge in [-0.25, -0.2) is 4.98 Å². The van der Waals surface area contributed by atoms with Gasteiger partial charge in [-0.05, 0) is 18.2 Å². The molecule has 0 N–H and O–H groups in total. The predicted molar refractivity (Wildman–Crippen MR) is 80.7 cm³/mol. The third-order valence-corrected chi connectivity index (χ3v) is 3.49. The number of rotatable bonds is 2. The fraction of sp³-hybridized carbons (Fsp3) is 0. The van der Waals surface area contributed by atoms with Gasteiger partial charge in [0.15, 0.2) is 5.82 Å². The number of halogens is 2. The topological polar surface area (TPSA) is 38.7 Å². The molecule has 3 rings (SSSR count). The molecule has 0 aliphatic rings. The van der Waals surface area contributed by atoms with Crippen molar-refractivity contribution in [3.63, 3.8) is 0 Å². The van der Waals surface area contributed by atoms with Crippen molar-refractivity contribution in [2.24, 2.45) is 0 Å². The highest BCUT2D eigenvalue weighted by atomic mass is 35.5. The van der Waals surface area contributed by atoms with Gasteiger partial charge in [-0.15, -0.1) is 10.2 Å². The first kappa shape index (κ1) is 13.0. The lowest BCUT2D eigenvalue weighted by molar-refractivity contribution is 0.987. The lowest BCUT2D eigenvalue weighted by atomic mass is 10.1. The minimum atomic E-state index is 0.492. The summed E-state index contributed by atoms with van der Waals surface area (Å²) in [5.74, 6) is 0.492. The second kappa shape index (κ2) is 5.57. The predicted octanol–water partition coefficient (Wildman–Crippen LogP) is 4.51. The molecule has 0 saturated carbocycles. The molecule has 0 spiro atoms. The van der Waals surface area contributed by atoms with E-state index in [2.05, 4.69) is 15.2 Å². The molecule has 3 nitrogen and oxygen atoms in total. The van der Waals surface area contributed by atoms with Crippen LogP contribution in [0, 0.1) is 0 Å². The first-order chi connectivity index (χ1) is 9.75. The van der Waals surface area contributed by atoms with E-state index in [-0.39, 0.29) is 0 Å². The fourth-order valence-corrected chi connectivity index (χ4v) is 2.29. The molecule has 0 saturated heterocycles. The lowest BCUT2D eigenvalue weighted by Gasteiger charge is -2.04. The molecule has 3 aromatic rings. The number of nitrogens with zero attached hydrogens (tertiary/aromatic N) is 3. The zero-order valence-corrected chi connectivity index (χ0v) is 11.8. The number of hydrogen-bond acceptors (Lipinski definition) is 3. The van der Waals surface area contributed by atoms with E-state index in [1.165, 1.54) is 0 Å². The molecule has 0 radical (unpaired) electrons. The van der Waals surface area contributed by atoms with Gasteiger partial charge in [0, 0.05) is 11.1 Å². The lowest BCUT2D eigenvalue weighted by Crippen LogP contribution is -1.95. The molecule has 0 aliphatic heterocycles. The molecule has 0 amide bonds. The van der Waals surface area contributed by atoms with Crippen LogP contribution in [0.3, 0.4) is 0 Å². The Bertz CT molecular complexity index is 678. The molecule has 98 valence electrons. The second-order valence-corrected chi connectivity index (χ2v) is 4.94. The Balaban J connectivity index is 2.01. The van der Waals surface area contributed by atoms with Gasteiger partial charge in [-0.1, -0.05) is 53.5 Å². The average molecular weight is 302 g/mol. The number of benzene rings is 2. The SMILES string of the molecule is Clc1ccccc1-c1cnc(-c2ccccc2Cl)nn1. The van der Waals surface area contributed by atoms with Crippen LogP contribution < -0.4 is 0 Å². The molecule has 20 heavy (non-hydrogen) atoms.